The molecule has 1 aromatic heterocycles. The minimum Gasteiger partial charge on any atom is -0.379 e. The second-order valence-electron chi connectivity index (χ2n) is 8.46. The fourth-order valence-corrected chi connectivity index (χ4v) is 5.26. The van der Waals surface area contributed by atoms with E-state index in [0.717, 1.165) is 66.6 Å². The van der Waals surface area contributed by atoms with E-state index in [1.807, 2.05) is 24.0 Å². The summed E-state index contributed by atoms with van der Waals surface area (Å²) in [4.78, 5) is 22.9. The number of nitrogens with zero attached hydrogens (tertiary/aromatic N) is 3. The monoisotopic (exact) mass is 437 g/mol. The zero-order valence-corrected chi connectivity index (χ0v) is 19.7. The first-order valence-corrected chi connectivity index (χ1v) is 11.8. The van der Waals surface area contributed by atoms with E-state index < -0.39 is 0 Å². The molecule has 1 aliphatic rings. The fourth-order valence-electron chi connectivity index (χ4n) is 4.12. The van der Waals surface area contributed by atoms with Crippen LogP contribution in [0.15, 0.2) is 30.3 Å². The molecule has 0 atom stereocenters. The zero-order chi connectivity index (χ0) is 22.0. The number of aromatic nitrogens is 1. The van der Waals surface area contributed by atoms with Crippen LogP contribution in [0.25, 0.3) is 10.2 Å². The van der Waals surface area contributed by atoms with Crippen LogP contribution in [0.5, 0.6) is 0 Å². The molecule has 3 aromatic rings. The van der Waals surface area contributed by atoms with Gasteiger partial charge in [0.05, 0.1) is 23.4 Å². The van der Waals surface area contributed by atoms with Gasteiger partial charge in [0.2, 0.25) is 0 Å². The van der Waals surface area contributed by atoms with Crippen molar-refractivity contribution in [2.75, 3.05) is 44.3 Å². The van der Waals surface area contributed by atoms with Crippen molar-refractivity contribution in [3.8, 4) is 0 Å². The van der Waals surface area contributed by atoms with Gasteiger partial charge in [-0.2, -0.15) is 0 Å². The highest BCUT2D eigenvalue weighted by molar-refractivity contribution is 7.22. The first-order chi connectivity index (χ1) is 14.9. The summed E-state index contributed by atoms with van der Waals surface area (Å²) in [7, 11) is 0. The predicted molar refractivity (Wildman–Crippen MR) is 129 cm³/mol. The van der Waals surface area contributed by atoms with E-state index in [1.165, 1.54) is 15.8 Å². The van der Waals surface area contributed by atoms with Crippen molar-refractivity contribution in [3.63, 3.8) is 0 Å². The lowest BCUT2D eigenvalue weighted by Gasteiger charge is -2.28. The first-order valence-electron chi connectivity index (χ1n) is 11.0. The normalized spacial score (nSPS) is 14.8. The number of fused-ring (bicyclic) bond motifs is 1. The van der Waals surface area contributed by atoms with Crippen molar-refractivity contribution in [1.82, 2.24) is 9.88 Å². The Labute approximate surface area is 188 Å². The van der Waals surface area contributed by atoms with Crippen LogP contribution >= 0.6 is 11.3 Å². The van der Waals surface area contributed by atoms with Crippen molar-refractivity contribution in [3.05, 3.63) is 58.1 Å². The van der Waals surface area contributed by atoms with Crippen molar-refractivity contribution in [1.29, 1.82) is 0 Å². The molecular formula is C25H31N3O2S. The average molecular weight is 438 g/mol. The zero-order valence-electron chi connectivity index (χ0n) is 18.9. The number of hydrogen-bond acceptors (Lipinski definition) is 5. The van der Waals surface area contributed by atoms with Gasteiger partial charge in [-0.05, 0) is 56.9 Å². The van der Waals surface area contributed by atoms with E-state index in [4.69, 9.17) is 9.72 Å². The first kappa shape index (κ1) is 21.9. The lowest BCUT2D eigenvalue weighted by atomic mass is 10.0. The lowest BCUT2D eigenvalue weighted by Crippen LogP contribution is -2.39. The molecule has 1 amide bonds. The third-order valence-corrected chi connectivity index (χ3v) is 7.19. The summed E-state index contributed by atoms with van der Waals surface area (Å²) in [5, 5.41) is 0.791. The van der Waals surface area contributed by atoms with Gasteiger partial charge in [0, 0.05) is 31.7 Å². The molecule has 0 spiro atoms. The second kappa shape index (κ2) is 9.47. The fraction of sp³-hybridized carbons (Fsp3) is 0.440. The minimum atomic E-state index is 0.0360. The molecule has 0 aliphatic carbocycles. The number of amides is 1. The largest absolute Gasteiger partial charge is 0.379 e. The van der Waals surface area contributed by atoms with Crippen LogP contribution in [0.4, 0.5) is 5.13 Å². The van der Waals surface area contributed by atoms with E-state index in [0.29, 0.717) is 6.54 Å². The maximum absolute atomic E-state index is 13.7. The summed E-state index contributed by atoms with van der Waals surface area (Å²) in [5.74, 6) is 0.0360. The molecule has 164 valence electrons. The summed E-state index contributed by atoms with van der Waals surface area (Å²) in [5.41, 5.74) is 6.29. The molecule has 1 fully saturated rings. The third kappa shape index (κ3) is 4.81. The van der Waals surface area contributed by atoms with Gasteiger partial charge >= 0.3 is 0 Å². The highest BCUT2D eigenvalue weighted by Gasteiger charge is 2.24. The maximum atomic E-state index is 13.7. The summed E-state index contributed by atoms with van der Waals surface area (Å²) in [6, 6.07) is 10.3. The van der Waals surface area contributed by atoms with Gasteiger partial charge in [0.25, 0.3) is 5.91 Å². The van der Waals surface area contributed by atoms with E-state index >= 15 is 0 Å². The molecule has 0 N–H and O–H groups in total. The van der Waals surface area contributed by atoms with Crippen molar-refractivity contribution in [2.45, 2.75) is 34.1 Å². The molecule has 2 aromatic carbocycles. The summed E-state index contributed by atoms with van der Waals surface area (Å²) in [6.07, 6.45) is 0.907. The number of hydrogen-bond donors (Lipinski definition) is 0. The quantitative estimate of drug-likeness (QED) is 0.550. The van der Waals surface area contributed by atoms with Crippen LogP contribution in [0, 0.1) is 27.7 Å². The van der Waals surface area contributed by atoms with E-state index in [1.54, 1.807) is 11.3 Å². The van der Waals surface area contributed by atoms with Crippen LogP contribution in [-0.4, -0.2) is 55.2 Å². The number of benzene rings is 2. The molecule has 0 bridgehead atoms. The molecule has 5 nitrogen and oxygen atoms in total. The van der Waals surface area contributed by atoms with Gasteiger partial charge in [-0.1, -0.05) is 41.2 Å². The van der Waals surface area contributed by atoms with E-state index in [-0.39, 0.29) is 5.91 Å². The van der Waals surface area contributed by atoms with Crippen LogP contribution in [0.1, 0.15) is 39.0 Å². The number of thiazole rings is 1. The Kier molecular flexibility index (Phi) is 6.70. The third-order valence-electron chi connectivity index (χ3n) is 5.98. The number of carbonyl (C=O) groups is 1. The average Bonchev–Trinajstić information content (AvgIpc) is 3.21. The Morgan fingerprint density at radius 3 is 2.52 bits per heavy atom. The van der Waals surface area contributed by atoms with E-state index in [9.17, 15) is 4.79 Å². The molecule has 1 saturated heterocycles. The van der Waals surface area contributed by atoms with Crippen molar-refractivity contribution >= 4 is 32.6 Å². The lowest BCUT2D eigenvalue weighted by molar-refractivity contribution is 0.0376. The van der Waals surface area contributed by atoms with Gasteiger partial charge in [-0.3, -0.25) is 14.6 Å². The molecule has 4 rings (SSSR count). The van der Waals surface area contributed by atoms with Crippen LogP contribution < -0.4 is 4.90 Å². The molecule has 2 heterocycles. The van der Waals surface area contributed by atoms with Gasteiger partial charge in [-0.25, -0.2) is 4.98 Å². The Morgan fingerprint density at radius 1 is 1.06 bits per heavy atom. The number of anilines is 1. The number of carbonyl (C=O) groups excluding carboxylic acids is 1. The van der Waals surface area contributed by atoms with Gasteiger partial charge in [0.15, 0.2) is 5.13 Å². The summed E-state index contributed by atoms with van der Waals surface area (Å²) < 4.78 is 6.62. The predicted octanol–water partition coefficient (Wildman–Crippen LogP) is 4.90. The molecule has 6 heteroatoms. The van der Waals surface area contributed by atoms with Crippen LogP contribution in [0.2, 0.25) is 0 Å². The van der Waals surface area contributed by atoms with Gasteiger partial charge in [0.1, 0.15) is 0 Å². The topological polar surface area (TPSA) is 45.7 Å². The maximum Gasteiger partial charge on any atom is 0.260 e. The summed E-state index contributed by atoms with van der Waals surface area (Å²) >= 11 is 1.62. The summed E-state index contributed by atoms with van der Waals surface area (Å²) in [6.45, 7) is 13.4. The Hall–Kier alpha value is -2.28. The SMILES string of the molecule is Cc1ccc(C(=O)N(CCCN2CCOCC2)c2nc3c(C)ccc(C)c3s2)c(C)c1. The second-order valence-corrected chi connectivity index (χ2v) is 9.43. The Morgan fingerprint density at radius 2 is 1.81 bits per heavy atom. The minimum absolute atomic E-state index is 0.0360. The number of ether oxygens (including phenoxy) is 1. The Balaban J connectivity index is 1.64. The van der Waals surface area contributed by atoms with Crippen LogP contribution in [-0.2, 0) is 4.74 Å². The molecule has 31 heavy (non-hydrogen) atoms. The number of rotatable bonds is 6. The van der Waals surface area contributed by atoms with Gasteiger partial charge < -0.3 is 4.74 Å². The van der Waals surface area contributed by atoms with Crippen molar-refractivity contribution < 1.29 is 9.53 Å². The highest BCUT2D eigenvalue weighted by atomic mass is 32.1. The standard InChI is InChI=1S/C25H31N3O2S/c1-17-6-9-21(20(4)16-17)24(29)28(11-5-10-27-12-14-30-15-13-27)25-26-22-18(2)7-8-19(3)23(22)31-25/h6-9,16H,5,10-15H2,1-4H3. The smallest absolute Gasteiger partial charge is 0.260 e. The number of aryl methyl sites for hydroxylation is 4. The molecule has 0 unspecified atom stereocenters. The van der Waals surface area contributed by atoms with Crippen molar-refractivity contribution in [2.24, 2.45) is 0 Å². The van der Waals surface area contributed by atoms with Gasteiger partial charge in [-0.15, -0.1) is 0 Å². The molecular weight excluding hydrogens is 406 g/mol. The molecule has 1 aliphatic heterocycles. The van der Waals surface area contributed by atoms with E-state index in [2.05, 4.69) is 43.9 Å². The molecule has 0 saturated carbocycles. The molecule has 0 radical (unpaired) electrons. The number of morpholine rings is 1. The highest BCUT2D eigenvalue weighted by Crippen LogP contribution is 2.34. The van der Waals surface area contributed by atoms with Crippen LogP contribution in [0.3, 0.4) is 0 Å². The Bertz CT molecular complexity index is 1050.